The summed E-state index contributed by atoms with van der Waals surface area (Å²) in [5, 5.41) is 8.23. The molecule has 2 aliphatic heterocycles. The largest absolute Gasteiger partial charge is 0.484 e. The molecule has 0 bridgehead atoms. The minimum Gasteiger partial charge on any atom is -0.484 e. The summed E-state index contributed by atoms with van der Waals surface area (Å²) in [6.07, 6.45) is 0.437. The van der Waals surface area contributed by atoms with Crippen LogP contribution in [0.5, 0.6) is 0 Å². The van der Waals surface area contributed by atoms with Crippen molar-refractivity contribution in [3.63, 3.8) is 0 Å². The quantitative estimate of drug-likeness (QED) is 0.603. The van der Waals surface area contributed by atoms with Gasteiger partial charge < -0.3 is 14.2 Å². The van der Waals surface area contributed by atoms with Crippen molar-refractivity contribution in [1.82, 2.24) is 0 Å². The molecule has 0 saturated carbocycles. The van der Waals surface area contributed by atoms with Gasteiger partial charge in [-0.25, -0.2) is 9.98 Å². The molecule has 2 rings (SSSR count). The number of aliphatic imine (C=N–C) groups is 2. The van der Waals surface area contributed by atoms with E-state index in [0.29, 0.717) is 43.3 Å². The summed E-state index contributed by atoms with van der Waals surface area (Å²) in [4.78, 5) is 9.33. The number of nitrogens with zero attached hydrogens (tertiary/aromatic N) is 2. The first-order valence-corrected chi connectivity index (χ1v) is 8.31. The van der Waals surface area contributed by atoms with Crippen LogP contribution >= 0.6 is 0 Å². The topological polar surface area (TPSA) is 76.3 Å². The van der Waals surface area contributed by atoms with E-state index < -0.39 is 5.41 Å². The van der Waals surface area contributed by atoms with Crippen molar-refractivity contribution in [2.75, 3.05) is 20.3 Å². The monoisotopic (exact) mass is 323 g/mol. The summed E-state index contributed by atoms with van der Waals surface area (Å²) in [5.41, 5.74) is -0.775. The lowest BCUT2D eigenvalue weighted by Gasteiger charge is -2.27. The van der Waals surface area contributed by atoms with Crippen molar-refractivity contribution in [2.45, 2.75) is 53.1 Å². The van der Waals surface area contributed by atoms with Gasteiger partial charge >= 0.3 is 0 Å². The van der Waals surface area contributed by atoms with Crippen molar-refractivity contribution in [2.24, 2.45) is 27.2 Å². The Morgan fingerprint density at radius 2 is 1.74 bits per heavy atom. The SMILES string of the molecule is COC(=N)C(C)(CC1=NC(C(C)C)CO1)C1=NC(C(C)C)CO1. The molecule has 3 atom stereocenters. The zero-order chi connectivity index (χ0) is 17.2. The molecule has 1 N–H and O–H groups in total. The molecule has 0 amide bonds. The molecule has 0 radical (unpaired) electrons. The number of hydrogen-bond acceptors (Lipinski definition) is 6. The Bertz CT molecular complexity index is 513. The number of nitrogens with one attached hydrogen (secondary N) is 1. The van der Waals surface area contributed by atoms with E-state index in [0.717, 1.165) is 0 Å². The highest BCUT2D eigenvalue weighted by Gasteiger charge is 2.44. The van der Waals surface area contributed by atoms with E-state index in [1.54, 1.807) is 0 Å². The normalized spacial score (nSPS) is 26.4. The van der Waals surface area contributed by atoms with Crippen LogP contribution in [0.25, 0.3) is 0 Å². The summed E-state index contributed by atoms with van der Waals surface area (Å²) in [7, 11) is 1.50. The molecule has 6 nitrogen and oxygen atoms in total. The van der Waals surface area contributed by atoms with Crippen molar-refractivity contribution < 1.29 is 14.2 Å². The van der Waals surface area contributed by atoms with Gasteiger partial charge in [-0.05, 0) is 18.8 Å². The van der Waals surface area contributed by atoms with Gasteiger partial charge in [0.15, 0.2) is 17.7 Å². The maximum Gasteiger partial charge on any atom is 0.199 e. The van der Waals surface area contributed by atoms with Crippen molar-refractivity contribution >= 4 is 17.7 Å². The molecule has 23 heavy (non-hydrogen) atoms. The molecule has 2 aliphatic rings. The number of methoxy groups -OCH3 is 1. The Hall–Kier alpha value is -1.59. The second-order valence-corrected chi connectivity index (χ2v) is 7.24. The first-order valence-electron chi connectivity index (χ1n) is 8.31. The first-order chi connectivity index (χ1) is 10.8. The zero-order valence-electron chi connectivity index (χ0n) is 15.0. The van der Waals surface area contributed by atoms with E-state index in [1.807, 2.05) is 6.92 Å². The Kier molecular flexibility index (Phi) is 5.32. The third kappa shape index (κ3) is 3.67. The van der Waals surface area contributed by atoms with Gasteiger partial charge in [-0.3, -0.25) is 5.41 Å². The molecule has 0 spiro atoms. The van der Waals surface area contributed by atoms with E-state index >= 15 is 0 Å². The van der Waals surface area contributed by atoms with Gasteiger partial charge in [-0.15, -0.1) is 0 Å². The fourth-order valence-corrected chi connectivity index (χ4v) is 2.69. The van der Waals surface area contributed by atoms with E-state index in [1.165, 1.54) is 7.11 Å². The van der Waals surface area contributed by atoms with E-state index in [9.17, 15) is 0 Å². The van der Waals surface area contributed by atoms with Gasteiger partial charge in [0.2, 0.25) is 0 Å². The summed E-state index contributed by atoms with van der Waals surface area (Å²) < 4.78 is 16.8. The maximum absolute atomic E-state index is 8.23. The van der Waals surface area contributed by atoms with Gasteiger partial charge in [0.05, 0.1) is 19.2 Å². The first kappa shape index (κ1) is 17.8. The lowest BCUT2D eigenvalue weighted by molar-refractivity contribution is 0.249. The van der Waals surface area contributed by atoms with Gasteiger partial charge in [-0.2, -0.15) is 0 Å². The van der Waals surface area contributed by atoms with E-state index in [4.69, 9.17) is 19.6 Å². The van der Waals surface area contributed by atoms with E-state index in [2.05, 4.69) is 37.7 Å². The van der Waals surface area contributed by atoms with Gasteiger partial charge in [0.1, 0.15) is 18.6 Å². The standard InChI is InChI=1S/C17H29N3O3/c1-10(2)12-8-22-14(19-12)7-17(5,15(18)21-6)16-20-13(9-23-16)11(3)4/h10-13,18H,7-9H2,1-6H3. The minimum absolute atomic E-state index is 0.125. The lowest BCUT2D eigenvalue weighted by atomic mass is 9.85. The number of rotatable bonds is 6. The second kappa shape index (κ2) is 6.89. The fraction of sp³-hybridized carbons (Fsp3) is 0.824. The van der Waals surface area contributed by atoms with Crippen LogP contribution in [0.3, 0.4) is 0 Å². The molecule has 0 aliphatic carbocycles. The highest BCUT2D eigenvalue weighted by molar-refractivity contribution is 6.07. The van der Waals surface area contributed by atoms with Gasteiger partial charge in [0, 0.05) is 6.42 Å². The van der Waals surface area contributed by atoms with Gasteiger partial charge in [0.25, 0.3) is 0 Å². The van der Waals surface area contributed by atoms with Crippen LogP contribution in [-0.4, -0.2) is 50.1 Å². The zero-order valence-corrected chi connectivity index (χ0v) is 15.0. The second-order valence-electron chi connectivity index (χ2n) is 7.24. The maximum atomic E-state index is 8.23. The Morgan fingerprint density at radius 3 is 2.22 bits per heavy atom. The molecule has 130 valence electrons. The van der Waals surface area contributed by atoms with Crippen LogP contribution in [0, 0.1) is 22.7 Å². The van der Waals surface area contributed by atoms with E-state index in [-0.39, 0.29) is 18.0 Å². The predicted molar refractivity (Wildman–Crippen MR) is 91.5 cm³/mol. The average Bonchev–Trinajstić information content (AvgIpc) is 3.15. The molecular weight excluding hydrogens is 294 g/mol. The van der Waals surface area contributed by atoms with Crippen LogP contribution in [0.4, 0.5) is 0 Å². The van der Waals surface area contributed by atoms with Crippen LogP contribution in [-0.2, 0) is 14.2 Å². The number of hydrogen-bond donors (Lipinski definition) is 1. The minimum atomic E-state index is -0.775. The smallest absolute Gasteiger partial charge is 0.199 e. The average molecular weight is 323 g/mol. The van der Waals surface area contributed by atoms with Crippen LogP contribution < -0.4 is 0 Å². The molecule has 0 aromatic carbocycles. The Labute approximate surface area is 138 Å². The van der Waals surface area contributed by atoms with Crippen LogP contribution in [0.2, 0.25) is 0 Å². The molecule has 0 fully saturated rings. The summed E-state index contributed by atoms with van der Waals surface area (Å²) in [6.45, 7) is 11.6. The molecule has 3 unspecified atom stereocenters. The summed E-state index contributed by atoms with van der Waals surface area (Å²) in [5.74, 6) is 2.18. The van der Waals surface area contributed by atoms with Crippen molar-refractivity contribution in [1.29, 1.82) is 5.41 Å². The van der Waals surface area contributed by atoms with Crippen LogP contribution in [0.15, 0.2) is 9.98 Å². The van der Waals surface area contributed by atoms with Crippen molar-refractivity contribution in [3.05, 3.63) is 0 Å². The Balaban J connectivity index is 2.22. The third-order valence-corrected chi connectivity index (χ3v) is 4.63. The molecule has 0 saturated heterocycles. The number of ether oxygens (including phenoxy) is 3. The highest BCUT2D eigenvalue weighted by atomic mass is 16.5. The molecule has 2 heterocycles. The molecular formula is C17H29N3O3. The summed E-state index contributed by atoms with van der Waals surface area (Å²) >= 11 is 0. The summed E-state index contributed by atoms with van der Waals surface area (Å²) in [6, 6.07) is 0.310. The highest BCUT2D eigenvalue weighted by Crippen LogP contribution is 2.33. The predicted octanol–water partition coefficient (Wildman–Crippen LogP) is 2.91. The molecule has 6 heteroatoms. The lowest BCUT2D eigenvalue weighted by Crippen LogP contribution is -2.39. The molecule has 0 aromatic rings. The third-order valence-electron chi connectivity index (χ3n) is 4.63. The Morgan fingerprint density at radius 1 is 1.17 bits per heavy atom. The fourth-order valence-electron chi connectivity index (χ4n) is 2.69. The van der Waals surface area contributed by atoms with Gasteiger partial charge in [-0.1, -0.05) is 27.7 Å². The molecule has 0 aromatic heterocycles. The van der Waals surface area contributed by atoms with Crippen LogP contribution in [0.1, 0.15) is 41.0 Å². The van der Waals surface area contributed by atoms with Crippen molar-refractivity contribution in [3.8, 4) is 0 Å².